The first-order chi connectivity index (χ1) is 12.8. The van der Waals surface area contributed by atoms with Crippen molar-refractivity contribution in [2.75, 3.05) is 19.6 Å². The van der Waals surface area contributed by atoms with Crippen molar-refractivity contribution in [3.63, 3.8) is 0 Å². The van der Waals surface area contributed by atoms with Crippen molar-refractivity contribution in [3.05, 3.63) is 29.8 Å². The van der Waals surface area contributed by atoms with Crippen LogP contribution in [0, 0.1) is 5.92 Å². The molecule has 0 bridgehead atoms. The highest BCUT2D eigenvalue weighted by atomic mass is 32.2. The second-order valence-corrected chi connectivity index (χ2v) is 8.22. The van der Waals surface area contributed by atoms with Crippen molar-refractivity contribution in [2.45, 2.75) is 37.7 Å². The molecular weight excluding hydrogens is 370 g/mol. The van der Waals surface area contributed by atoms with Crippen LogP contribution >= 0.6 is 0 Å². The molecule has 0 aliphatic carbocycles. The van der Waals surface area contributed by atoms with Crippen molar-refractivity contribution < 1.29 is 22.7 Å². The molecule has 3 rings (SSSR count). The van der Waals surface area contributed by atoms with E-state index < -0.39 is 28.0 Å². The number of fused-ring (bicyclic) bond motifs is 1. The lowest BCUT2D eigenvalue weighted by Crippen LogP contribution is -2.44. The summed E-state index contributed by atoms with van der Waals surface area (Å²) in [4.78, 5) is 26.2. The SMILES string of the molecule is CCNC(=O)[C@H](C)OC(=O)[C@@H]1CCCN(C2=NS(=O)(=O)c3ccccc32)C1. The molecule has 9 heteroatoms. The number of esters is 1. The van der Waals surface area contributed by atoms with Crippen molar-refractivity contribution in [2.24, 2.45) is 10.3 Å². The second-order valence-electron chi connectivity index (χ2n) is 6.64. The molecule has 146 valence electrons. The minimum atomic E-state index is -3.70. The minimum absolute atomic E-state index is 0.189. The van der Waals surface area contributed by atoms with E-state index in [4.69, 9.17) is 4.74 Å². The Morgan fingerprint density at radius 3 is 2.85 bits per heavy atom. The lowest BCUT2D eigenvalue weighted by atomic mass is 9.97. The van der Waals surface area contributed by atoms with Crippen LogP contribution in [0.2, 0.25) is 0 Å². The number of rotatable bonds is 4. The average Bonchev–Trinajstić information content (AvgIpc) is 2.93. The first kappa shape index (κ1) is 19.3. The van der Waals surface area contributed by atoms with Gasteiger partial charge in [-0.2, -0.15) is 8.42 Å². The zero-order valence-corrected chi connectivity index (χ0v) is 16.2. The zero-order chi connectivity index (χ0) is 19.6. The summed E-state index contributed by atoms with van der Waals surface area (Å²) in [6.07, 6.45) is 0.466. The summed E-state index contributed by atoms with van der Waals surface area (Å²) in [6.45, 7) is 4.71. The van der Waals surface area contributed by atoms with Crippen LogP contribution in [-0.4, -0.2) is 56.8 Å². The average molecular weight is 393 g/mol. The molecular formula is C18H23N3O5S. The molecule has 1 saturated heterocycles. The Kier molecular flexibility index (Phi) is 5.50. The van der Waals surface area contributed by atoms with Gasteiger partial charge >= 0.3 is 5.97 Å². The molecule has 0 radical (unpaired) electrons. The molecule has 0 aromatic heterocycles. The number of ether oxygens (including phenoxy) is 1. The number of nitrogens with zero attached hydrogens (tertiary/aromatic N) is 2. The highest BCUT2D eigenvalue weighted by Crippen LogP contribution is 2.30. The predicted molar refractivity (Wildman–Crippen MR) is 98.7 cm³/mol. The topological polar surface area (TPSA) is 105 Å². The molecule has 0 unspecified atom stereocenters. The van der Waals surface area contributed by atoms with E-state index in [1.165, 1.54) is 13.0 Å². The fourth-order valence-corrected chi connectivity index (χ4v) is 4.55. The molecule has 1 amide bonds. The van der Waals surface area contributed by atoms with E-state index in [9.17, 15) is 18.0 Å². The molecule has 8 nitrogen and oxygen atoms in total. The number of amidine groups is 1. The van der Waals surface area contributed by atoms with Gasteiger partial charge in [0, 0.05) is 25.2 Å². The molecule has 0 spiro atoms. The van der Waals surface area contributed by atoms with Crippen LogP contribution in [0.25, 0.3) is 0 Å². The van der Waals surface area contributed by atoms with Gasteiger partial charge in [0.1, 0.15) is 4.90 Å². The maximum atomic E-state index is 12.5. The Morgan fingerprint density at radius 1 is 1.37 bits per heavy atom. The van der Waals surface area contributed by atoms with Crippen molar-refractivity contribution >= 4 is 27.7 Å². The summed E-state index contributed by atoms with van der Waals surface area (Å²) in [6, 6.07) is 6.68. The Bertz CT molecular complexity index is 881. The third kappa shape index (κ3) is 3.97. The van der Waals surface area contributed by atoms with E-state index in [2.05, 4.69) is 9.71 Å². The molecule has 27 heavy (non-hydrogen) atoms. The van der Waals surface area contributed by atoms with Crippen LogP contribution in [-0.2, 0) is 24.3 Å². The number of hydrogen-bond acceptors (Lipinski definition) is 6. The first-order valence-electron chi connectivity index (χ1n) is 9.01. The van der Waals surface area contributed by atoms with Gasteiger partial charge in [0.15, 0.2) is 11.9 Å². The quantitative estimate of drug-likeness (QED) is 0.763. The number of likely N-dealkylation sites (tertiary alicyclic amines) is 1. The molecule has 2 aliphatic heterocycles. The summed E-state index contributed by atoms with van der Waals surface area (Å²) >= 11 is 0. The van der Waals surface area contributed by atoms with Gasteiger partial charge in [-0.15, -0.1) is 4.40 Å². The summed E-state index contributed by atoms with van der Waals surface area (Å²) in [7, 11) is -3.70. The number of likely N-dealkylation sites (N-methyl/N-ethyl adjacent to an activating group) is 1. The Labute approximate surface area is 158 Å². The molecule has 0 saturated carbocycles. The van der Waals surface area contributed by atoms with Crippen molar-refractivity contribution in [1.29, 1.82) is 0 Å². The van der Waals surface area contributed by atoms with Crippen LogP contribution in [0.15, 0.2) is 33.6 Å². The van der Waals surface area contributed by atoms with Gasteiger partial charge < -0.3 is 15.0 Å². The van der Waals surface area contributed by atoms with Crippen molar-refractivity contribution in [3.8, 4) is 0 Å². The fraction of sp³-hybridized carbons (Fsp3) is 0.500. The number of nitrogens with one attached hydrogen (secondary N) is 1. The second kappa shape index (κ2) is 7.67. The van der Waals surface area contributed by atoms with Crippen LogP contribution in [0.3, 0.4) is 0 Å². The third-order valence-corrected chi connectivity index (χ3v) is 6.01. The Balaban J connectivity index is 1.72. The maximum absolute atomic E-state index is 12.5. The molecule has 1 aromatic rings. The summed E-state index contributed by atoms with van der Waals surface area (Å²) in [5, 5.41) is 2.61. The smallest absolute Gasteiger partial charge is 0.311 e. The van der Waals surface area contributed by atoms with E-state index in [0.29, 0.717) is 43.9 Å². The fourth-order valence-electron chi connectivity index (χ4n) is 3.32. The van der Waals surface area contributed by atoms with E-state index >= 15 is 0 Å². The number of sulfonamides is 1. The van der Waals surface area contributed by atoms with E-state index in [1.54, 1.807) is 25.1 Å². The maximum Gasteiger partial charge on any atom is 0.311 e. The largest absolute Gasteiger partial charge is 0.452 e. The van der Waals surface area contributed by atoms with Gasteiger partial charge in [-0.1, -0.05) is 12.1 Å². The van der Waals surface area contributed by atoms with E-state index in [1.807, 2.05) is 4.90 Å². The first-order valence-corrected chi connectivity index (χ1v) is 10.4. The number of carbonyl (C=O) groups excluding carboxylic acids is 2. The lowest BCUT2D eigenvalue weighted by Gasteiger charge is -2.33. The predicted octanol–water partition coefficient (Wildman–Crippen LogP) is 0.915. The molecule has 2 aliphatic rings. The van der Waals surface area contributed by atoms with Crippen molar-refractivity contribution in [1.82, 2.24) is 10.2 Å². The Hall–Kier alpha value is -2.42. The number of amides is 1. The highest BCUT2D eigenvalue weighted by molar-refractivity contribution is 7.90. The minimum Gasteiger partial charge on any atom is -0.452 e. The third-order valence-electron chi connectivity index (χ3n) is 4.68. The van der Waals surface area contributed by atoms with Crippen LogP contribution in [0.1, 0.15) is 32.3 Å². The Morgan fingerprint density at radius 2 is 2.11 bits per heavy atom. The van der Waals surface area contributed by atoms with Gasteiger partial charge in [0.25, 0.3) is 15.9 Å². The monoisotopic (exact) mass is 393 g/mol. The van der Waals surface area contributed by atoms with Crippen LogP contribution in [0.5, 0.6) is 0 Å². The van der Waals surface area contributed by atoms with Crippen LogP contribution < -0.4 is 5.32 Å². The molecule has 2 heterocycles. The summed E-state index contributed by atoms with van der Waals surface area (Å²) < 4.78 is 33.7. The normalized spacial score (nSPS) is 21.8. The number of benzene rings is 1. The van der Waals surface area contributed by atoms with Gasteiger partial charge in [-0.25, -0.2) is 0 Å². The molecule has 1 fully saturated rings. The standard InChI is InChI=1S/C18H23N3O5S/c1-3-19-17(22)12(2)26-18(23)13-7-6-10-21(11-13)16-14-8-4-5-9-15(14)27(24,25)20-16/h4-5,8-9,12-13H,3,6-7,10-11H2,1-2H3,(H,19,22)/t12-,13+/m0/s1. The van der Waals surface area contributed by atoms with Gasteiger partial charge in [-0.3, -0.25) is 9.59 Å². The van der Waals surface area contributed by atoms with Gasteiger partial charge in [-0.05, 0) is 38.8 Å². The summed E-state index contributed by atoms with van der Waals surface area (Å²) in [5.74, 6) is -0.847. The van der Waals surface area contributed by atoms with Crippen LogP contribution in [0.4, 0.5) is 0 Å². The highest BCUT2D eigenvalue weighted by Gasteiger charge is 2.36. The number of carbonyl (C=O) groups is 2. The zero-order valence-electron chi connectivity index (χ0n) is 15.3. The van der Waals surface area contributed by atoms with Gasteiger partial charge in [0.05, 0.1) is 5.92 Å². The molecule has 1 N–H and O–H groups in total. The summed E-state index contributed by atoms with van der Waals surface area (Å²) in [5.41, 5.74) is 0.558. The van der Waals surface area contributed by atoms with Gasteiger partial charge in [0.2, 0.25) is 0 Å². The molecule has 1 aromatic carbocycles. The van der Waals surface area contributed by atoms with E-state index in [-0.39, 0.29) is 10.8 Å². The lowest BCUT2D eigenvalue weighted by molar-refractivity contribution is -0.159. The number of hydrogen-bond donors (Lipinski definition) is 1. The number of piperidine rings is 1. The molecule has 2 atom stereocenters. The van der Waals surface area contributed by atoms with E-state index in [0.717, 1.165) is 0 Å².